The molecule has 1 aliphatic heterocycles. The topological polar surface area (TPSA) is 69.4 Å². The quantitative estimate of drug-likeness (QED) is 0.834. The van der Waals surface area contributed by atoms with Crippen molar-refractivity contribution in [2.45, 2.75) is 36.1 Å². The molecule has 8 heteroatoms. The van der Waals surface area contributed by atoms with Crippen LogP contribution in [-0.4, -0.2) is 31.6 Å². The summed E-state index contributed by atoms with van der Waals surface area (Å²) in [6.07, 6.45) is 0. The number of rotatable bonds is 2. The van der Waals surface area contributed by atoms with Gasteiger partial charge in [-0.2, -0.15) is 0 Å². The van der Waals surface area contributed by atoms with Crippen LogP contribution < -0.4 is 0 Å². The van der Waals surface area contributed by atoms with Crippen molar-refractivity contribution in [3.8, 4) is 0 Å². The van der Waals surface area contributed by atoms with Crippen LogP contribution in [0.3, 0.4) is 0 Å². The summed E-state index contributed by atoms with van der Waals surface area (Å²) in [5.41, 5.74) is -0.0995. The number of nitrogens with zero attached hydrogens (tertiary/aromatic N) is 1. The van der Waals surface area contributed by atoms with Crippen LogP contribution in [0.5, 0.6) is 0 Å². The Balaban J connectivity index is 2.29. The van der Waals surface area contributed by atoms with E-state index in [0.29, 0.717) is 11.4 Å². The van der Waals surface area contributed by atoms with Gasteiger partial charge in [-0.15, -0.1) is 0 Å². The monoisotopic (exact) mass is 347 g/mol. The lowest BCUT2D eigenvalue weighted by Gasteiger charge is -2.32. The Morgan fingerprint density at radius 3 is 2.45 bits per heavy atom. The Labute approximate surface area is 132 Å². The lowest BCUT2D eigenvalue weighted by Crippen LogP contribution is -2.51. The highest BCUT2D eigenvalue weighted by Gasteiger charge is 2.54. The van der Waals surface area contributed by atoms with Crippen LogP contribution >= 0.6 is 11.6 Å². The van der Waals surface area contributed by atoms with Gasteiger partial charge in [0.2, 0.25) is 15.7 Å². The van der Waals surface area contributed by atoms with Crippen LogP contribution in [0.4, 0.5) is 4.39 Å². The molecule has 1 aromatic carbocycles. The van der Waals surface area contributed by atoms with Crippen molar-refractivity contribution < 1.29 is 22.0 Å². The number of aromatic nitrogens is 1. The van der Waals surface area contributed by atoms with Crippen LogP contribution in [0.25, 0.3) is 11.1 Å². The SMILES string of the molecule is CC(C)(C)c1nc2ccc(Cl)c(S(=O)(=O)C3(F)COC3)c2o1. The number of sulfone groups is 1. The van der Waals surface area contributed by atoms with Gasteiger partial charge in [0, 0.05) is 5.41 Å². The molecular formula is C14H15ClFNO4S. The predicted octanol–water partition coefficient (Wildman–Crippen LogP) is 3.25. The van der Waals surface area contributed by atoms with Gasteiger partial charge in [0.15, 0.2) is 5.58 Å². The first-order chi connectivity index (χ1) is 10.1. The van der Waals surface area contributed by atoms with Crippen molar-refractivity contribution in [1.82, 2.24) is 4.98 Å². The van der Waals surface area contributed by atoms with Gasteiger partial charge < -0.3 is 9.15 Å². The lowest BCUT2D eigenvalue weighted by atomic mass is 9.97. The van der Waals surface area contributed by atoms with Crippen LogP contribution in [0.15, 0.2) is 21.4 Å². The number of oxazole rings is 1. The van der Waals surface area contributed by atoms with Gasteiger partial charge in [0.05, 0.1) is 18.2 Å². The number of fused-ring (bicyclic) bond motifs is 1. The van der Waals surface area contributed by atoms with E-state index in [9.17, 15) is 12.8 Å². The fraction of sp³-hybridized carbons (Fsp3) is 0.500. The number of benzene rings is 1. The molecule has 0 spiro atoms. The number of ether oxygens (including phenoxy) is 1. The van der Waals surface area contributed by atoms with E-state index in [2.05, 4.69) is 4.98 Å². The Bertz CT molecular complexity index is 850. The van der Waals surface area contributed by atoms with E-state index >= 15 is 0 Å². The molecule has 3 rings (SSSR count). The predicted molar refractivity (Wildman–Crippen MR) is 79.6 cm³/mol. The van der Waals surface area contributed by atoms with Crippen molar-refractivity contribution in [3.63, 3.8) is 0 Å². The second kappa shape index (κ2) is 4.66. The van der Waals surface area contributed by atoms with Crippen LogP contribution in [0.2, 0.25) is 5.02 Å². The van der Waals surface area contributed by atoms with Gasteiger partial charge in [-0.3, -0.25) is 0 Å². The molecule has 0 radical (unpaired) electrons. The van der Waals surface area contributed by atoms with Crippen LogP contribution in [0.1, 0.15) is 26.7 Å². The second-order valence-electron chi connectivity index (χ2n) is 6.37. The molecule has 2 heterocycles. The molecule has 1 fully saturated rings. The number of halogens is 2. The average molecular weight is 348 g/mol. The maximum atomic E-state index is 14.5. The second-order valence-corrected chi connectivity index (χ2v) is 8.93. The third-order valence-electron chi connectivity index (χ3n) is 3.49. The Kier molecular flexibility index (Phi) is 3.33. The molecule has 1 saturated heterocycles. The zero-order chi connectivity index (χ0) is 16.3. The molecule has 0 bridgehead atoms. The average Bonchev–Trinajstić information content (AvgIpc) is 2.78. The van der Waals surface area contributed by atoms with E-state index in [1.54, 1.807) is 6.07 Å². The van der Waals surface area contributed by atoms with Gasteiger partial charge in [-0.1, -0.05) is 32.4 Å². The summed E-state index contributed by atoms with van der Waals surface area (Å²) in [5.74, 6) is 0.360. The molecule has 0 amide bonds. The molecule has 120 valence electrons. The molecule has 5 nitrogen and oxygen atoms in total. The highest BCUT2D eigenvalue weighted by Crippen LogP contribution is 2.41. The minimum absolute atomic E-state index is 0.0126. The molecule has 0 atom stereocenters. The first kappa shape index (κ1) is 15.7. The minimum Gasteiger partial charge on any atom is -0.439 e. The maximum Gasteiger partial charge on any atom is 0.261 e. The Morgan fingerprint density at radius 1 is 1.32 bits per heavy atom. The Morgan fingerprint density at radius 2 is 1.95 bits per heavy atom. The van der Waals surface area contributed by atoms with Gasteiger partial charge in [0.1, 0.15) is 10.4 Å². The third kappa shape index (κ3) is 2.14. The molecule has 0 saturated carbocycles. The van der Waals surface area contributed by atoms with E-state index < -0.39 is 33.5 Å². The van der Waals surface area contributed by atoms with Gasteiger partial charge in [-0.25, -0.2) is 17.8 Å². The molecule has 0 aliphatic carbocycles. The van der Waals surface area contributed by atoms with E-state index in [1.165, 1.54) is 6.07 Å². The van der Waals surface area contributed by atoms with Gasteiger partial charge >= 0.3 is 0 Å². The smallest absolute Gasteiger partial charge is 0.261 e. The summed E-state index contributed by atoms with van der Waals surface area (Å²) >= 11 is 6.02. The number of alkyl halides is 1. The summed E-state index contributed by atoms with van der Waals surface area (Å²) < 4.78 is 50.0. The molecule has 0 unspecified atom stereocenters. The molecule has 22 heavy (non-hydrogen) atoms. The summed E-state index contributed by atoms with van der Waals surface area (Å²) in [7, 11) is -4.35. The van der Waals surface area contributed by atoms with Crippen molar-refractivity contribution >= 4 is 32.5 Å². The third-order valence-corrected chi connectivity index (χ3v) is 6.06. The summed E-state index contributed by atoms with van der Waals surface area (Å²) in [5, 5.41) is -2.56. The fourth-order valence-corrected chi connectivity index (χ4v) is 4.13. The lowest BCUT2D eigenvalue weighted by molar-refractivity contribution is -0.0779. The first-order valence-corrected chi connectivity index (χ1v) is 8.53. The maximum absolute atomic E-state index is 14.5. The standard InChI is InChI=1S/C14H15ClFNO4S/c1-13(2,3)12-17-9-5-4-8(15)11(10(9)21-12)22(18,19)14(16)6-20-7-14/h4-5H,6-7H2,1-3H3. The number of hydrogen-bond donors (Lipinski definition) is 0. The molecule has 1 aliphatic rings. The largest absolute Gasteiger partial charge is 0.439 e. The van der Waals surface area contributed by atoms with E-state index in [4.69, 9.17) is 20.8 Å². The summed E-state index contributed by atoms with van der Waals surface area (Å²) in [6, 6.07) is 2.94. The van der Waals surface area contributed by atoms with Gasteiger partial charge in [0.25, 0.3) is 5.00 Å². The normalized spacial score (nSPS) is 18.4. The Hall–Kier alpha value is -1.18. The van der Waals surface area contributed by atoms with Crippen LogP contribution in [-0.2, 0) is 20.0 Å². The highest BCUT2D eigenvalue weighted by atomic mass is 35.5. The summed E-state index contributed by atoms with van der Waals surface area (Å²) in [4.78, 5) is 3.92. The van der Waals surface area contributed by atoms with E-state index in [-0.39, 0.29) is 15.5 Å². The minimum atomic E-state index is -4.35. The zero-order valence-corrected chi connectivity index (χ0v) is 13.9. The summed E-state index contributed by atoms with van der Waals surface area (Å²) in [6.45, 7) is 4.61. The number of hydrogen-bond acceptors (Lipinski definition) is 5. The van der Waals surface area contributed by atoms with Crippen molar-refractivity contribution in [3.05, 3.63) is 23.0 Å². The molecule has 1 aromatic heterocycles. The van der Waals surface area contributed by atoms with Crippen LogP contribution in [0, 0.1) is 0 Å². The highest BCUT2D eigenvalue weighted by molar-refractivity contribution is 7.93. The van der Waals surface area contributed by atoms with Crippen molar-refractivity contribution in [2.24, 2.45) is 0 Å². The van der Waals surface area contributed by atoms with Crippen molar-refractivity contribution in [1.29, 1.82) is 0 Å². The van der Waals surface area contributed by atoms with Crippen molar-refractivity contribution in [2.75, 3.05) is 13.2 Å². The fourth-order valence-electron chi connectivity index (χ4n) is 2.12. The van der Waals surface area contributed by atoms with E-state index in [0.717, 1.165) is 0 Å². The molecular weight excluding hydrogens is 333 g/mol. The van der Waals surface area contributed by atoms with E-state index in [1.807, 2.05) is 20.8 Å². The first-order valence-electron chi connectivity index (χ1n) is 6.67. The van der Waals surface area contributed by atoms with Gasteiger partial charge in [-0.05, 0) is 12.1 Å². The molecule has 0 N–H and O–H groups in total. The molecule has 2 aromatic rings. The zero-order valence-electron chi connectivity index (χ0n) is 12.3.